The van der Waals surface area contributed by atoms with Crippen LogP contribution in [0.15, 0.2) is 30.3 Å². The van der Waals surface area contributed by atoms with Crippen LogP contribution in [0.1, 0.15) is 5.56 Å². The van der Waals surface area contributed by atoms with Crippen molar-refractivity contribution in [1.82, 2.24) is 0 Å². The Morgan fingerprint density at radius 1 is 1.12 bits per heavy atom. The monoisotopic (exact) mass is 369 g/mol. The van der Waals surface area contributed by atoms with Crippen LogP contribution < -0.4 is 19.5 Å². The summed E-state index contributed by atoms with van der Waals surface area (Å²) in [6.07, 6.45) is 0. The summed E-state index contributed by atoms with van der Waals surface area (Å²) in [6, 6.07) is 8.38. The summed E-state index contributed by atoms with van der Waals surface area (Å²) in [7, 11) is 3.06. The number of anilines is 1. The molecule has 0 aromatic heterocycles. The van der Waals surface area contributed by atoms with Gasteiger partial charge in [0.1, 0.15) is 17.2 Å². The topological polar surface area (TPSA) is 56.8 Å². The van der Waals surface area contributed by atoms with E-state index < -0.39 is 0 Å². The number of halogens is 2. The number of carbonyl (C=O) groups excluding carboxylic acids is 1. The SMILES string of the molecule is COc1ccc(OC)c(NC(=O)COc2c(C)cc(Cl)cc2Cl)c1. The Kier molecular flexibility index (Phi) is 6.17. The van der Waals surface area contributed by atoms with Crippen molar-refractivity contribution in [2.45, 2.75) is 6.92 Å². The quantitative estimate of drug-likeness (QED) is 0.822. The fraction of sp³-hybridized carbons (Fsp3) is 0.235. The third kappa shape index (κ3) is 4.46. The van der Waals surface area contributed by atoms with Gasteiger partial charge in [-0.3, -0.25) is 4.79 Å². The molecule has 1 amide bonds. The molecule has 0 spiro atoms. The number of aryl methyl sites for hydroxylation is 1. The molecule has 0 bridgehead atoms. The number of rotatable bonds is 6. The van der Waals surface area contributed by atoms with Crippen molar-refractivity contribution in [3.63, 3.8) is 0 Å². The zero-order valence-electron chi connectivity index (χ0n) is 13.5. The van der Waals surface area contributed by atoms with Gasteiger partial charge in [0.15, 0.2) is 6.61 Å². The van der Waals surface area contributed by atoms with Gasteiger partial charge in [0.25, 0.3) is 5.91 Å². The highest BCUT2D eigenvalue weighted by Crippen LogP contribution is 2.32. The molecule has 7 heteroatoms. The minimum Gasteiger partial charge on any atom is -0.497 e. The van der Waals surface area contributed by atoms with Gasteiger partial charge in [-0.15, -0.1) is 0 Å². The molecule has 0 atom stereocenters. The number of nitrogens with one attached hydrogen (secondary N) is 1. The smallest absolute Gasteiger partial charge is 0.262 e. The van der Waals surface area contributed by atoms with Crippen LogP contribution in [0, 0.1) is 6.92 Å². The Morgan fingerprint density at radius 3 is 2.50 bits per heavy atom. The van der Waals surface area contributed by atoms with E-state index >= 15 is 0 Å². The van der Waals surface area contributed by atoms with Gasteiger partial charge < -0.3 is 19.5 Å². The van der Waals surface area contributed by atoms with Crippen LogP contribution in [-0.2, 0) is 4.79 Å². The summed E-state index contributed by atoms with van der Waals surface area (Å²) in [6.45, 7) is 1.60. The van der Waals surface area contributed by atoms with E-state index in [0.717, 1.165) is 5.56 Å². The minimum atomic E-state index is -0.355. The zero-order valence-corrected chi connectivity index (χ0v) is 15.0. The lowest BCUT2D eigenvalue weighted by Crippen LogP contribution is -2.21. The largest absolute Gasteiger partial charge is 0.497 e. The van der Waals surface area contributed by atoms with Crippen molar-refractivity contribution in [1.29, 1.82) is 0 Å². The van der Waals surface area contributed by atoms with Crippen molar-refractivity contribution in [2.24, 2.45) is 0 Å². The number of hydrogen-bond donors (Lipinski definition) is 1. The highest BCUT2D eigenvalue weighted by Gasteiger charge is 2.12. The second kappa shape index (κ2) is 8.13. The molecule has 0 saturated heterocycles. The number of amides is 1. The van der Waals surface area contributed by atoms with Gasteiger partial charge in [0.2, 0.25) is 0 Å². The standard InChI is InChI=1S/C17H17Cl2NO4/c1-10-6-11(18)7-13(19)17(10)24-9-16(21)20-14-8-12(22-2)4-5-15(14)23-3/h4-8H,9H2,1-3H3,(H,20,21). The Labute approximate surface area is 150 Å². The first-order valence-electron chi connectivity index (χ1n) is 7.05. The number of ether oxygens (including phenoxy) is 3. The van der Waals surface area contributed by atoms with E-state index in [9.17, 15) is 4.79 Å². The molecule has 0 fully saturated rings. The number of carbonyl (C=O) groups is 1. The van der Waals surface area contributed by atoms with E-state index in [0.29, 0.717) is 33.0 Å². The lowest BCUT2D eigenvalue weighted by atomic mass is 10.2. The molecule has 0 unspecified atom stereocenters. The van der Waals surface area contributed by atoms with Gasteiger partial charge in [0.05, 0.1) is 24.9 Å². The molecular weight excluding hydrogens is 353 g/mol. The molecule has 0 aliphatic carbocycles. The number of methoxy groups -OCH3 is 2. The van der Waals surface area contributed by atoms with Crippen LogP contribution in [-0.4, -0.2) is 26.7 Å². The molecule has 0 aliphatic heterocycles. The molecule has 0 radical (unpaired) electrons. The first-order valence-corrected chi connectivity index (χ1v) is 7.80. The van der Waals surface area contributed by atoms with E-state index in [2.05, 4.69) is 5.32 Å². The highest BCUT2D eigenvalue weighted by atomic mass is 35.5. The number of hydrogen-bond acceptors (Lipinski definition) is 4. The van der Waals surface area contributed by atoms with E-state index in [1.807, 2.05) is 0 Å². The molecule has 128 valence electrons. The third-order valence-electron chi connectivity index (χ3n) is 3.22. The Balaban J connectivity index is 2.07. The number of benzene rings is 2. The van der Waals surface area contributed by atoms with Gasteiger partial charge >= 0.3 is 0 Å². The van der Waals surface area contributed by atoms with Gasteiger partial charge in [-0.2, -0.15) is 0 Å². The minimum absolute atomic E-state index is 0.206. The van der Waals surface area contributed by atoms with Crippen molar-refractivity contribution < 1.29 is 19.0 Å². The maximum absolute atomic E-state index is 12.1. The zero-order chi connectivity index (χ0) is 17.7. The van der Waals surface area contributed by atoms with E-state index in [4.69, 9.17) is 37.4 Å². The van der Waals surface area contributed by atoms with Crippen LogP contribution in [0.4, 0.5) is 5.69 Å². The van der Waals surface area contributed by atoms with Gasteiger partial charge in [-0.05, 0) is 36.8 Å². The predicted molar refractivity (Wildman–Crippen MR) is 94.9 cm³/mol. The molecule has 2 aromatic carbocycles. The normalized spacial score (nSPS) is 10.2. The van der Waals surface area contributed by atoms with Gasteiger partial charge in [-0.1, -0.05) is 23.2 Å². The molecule has 2 aromatic rings. The molecular formula is C17H17Cl2NO4. The van der Waals surface area contributed by atoms with Crippen LogP contribution >= 0.6 is 23.2 Å². The van der Waals surface area contributed by atoms with Crippen LogP contribution in [0.5, 0.6) is 17.2 Å². The van der Waals surface area contributed by atoms with Crippen LogP contribution in [0.3, 0.4) is 0 Å². The van der Waals surface area contributed by atoms with Crippen molar-refractivity contribution in [2.75, 3.05) is 26.1 Å². The highest BCUT2D eigenvalue weighted by molar-refractivity contribution is 6.35. The molecule has 2 rings (SSSR count). The van der Waals surface area contributed by atoms with E-state index in [1.54, 1.807) is 44.4 Å². The molecule has 24 heavy (non-hydrogen) atoms. The van der Waals surface area contributed by atoms with Crippen LogP contribution in [0.25, 0.3) is 0 Å². The maximum atomic E-state index is 12.1. The average Bonchev–Trinajstić information content (AvgIpc) is 2.53. The Bertz CT molecular complexity index is 726. The molecule has 1 N–H and O–H groups in total. The van der Waals surface area contributed by atoms with Crippen molar-refractivity contribution in [3.05, 3.63) is 45.9 Å². The van der Waals surface area contributed by atoms with Gasteiger partial charge in [-0.25, -0.2) is 0 Å². The summed E-state index contributed by atoms with van der Waals surface area (Å²) < 4.78 is 15.9. The summed E-state index contributed by atoms with van der Waals surface area (Å²) in [5.41, 5.74) is 1.24. The average molecular weight is 370 g/mol. The fourth-order valence-electron chi connectivity index (χ4n) is 2.11. The first-order chi connectivity index (χ1) is 11.4. The van der Waals surface area contributed by atoms with E-state index in [1.165, 1.54) is 7.11 Å². The lowest BCUT2D eigenvalue weighted by molar-refractivity contribution is -0.118. The predicted octanol–water partition coefficient (Wildman–Crippen LogP) is 4.34. The molecule has 0 heterocycles. The summed E-state index contributed by atoms with van der Waals surface area (Å²) in [5, 5.41) is 3.58. The summed E-state index contributed by atoms with van der Waals surface area (Å²) in [5.74, 6) is 1.19. The van der Waals surface area contributed by atoms with E-state index in [-0.39, 0.29) is 12.5 Å². The maximum Gasteiger partial charge on any atom is 0.262 e. The Hall–Kier alpha value is -2.11. The fourth-order valence-corrected chi connectivity index (χ4v) is 2.76. The van der Waals surface area contributed by atoms with Crippen LogP contribution in [0.2, 0.25) is 10.0 Å². The lowest BCUT2D eigenvalue weighted by Gasteiger charge is -2.14. The molecule has 0 saturated carbocycles. The molecule has 0 aliphatic rings. The summed E-state index contributed by atoms with van der Waals surface area (Å²) in [4.78, 5) is 12.1. The molecule has 5 nitrogen and oxygen atoms in total. The first kappa shape index (κ1) is 18.2. The second-order valence-corrected chi connectivity index (χ2v) is 5.78. The van der Waals surface area contributed by atoms with Crippen molar-refractivity contribution >= 4 is 34.8 Å². The van der Waals surface area contributed by atoms with Crippen molar-refractivity contribution in [3.8, 4) is 17.2 Å². The second-order valence-electron chi connectivity index (χ2n) is 4.94. The van der Waals surface area contributed by atoms with Gasteiger partial charge in [0, 0.05) is 11.1 Å². The Morgan fingerprint density at radius 2 is 1.88 bits per heavy atom. The third-order valence-corrected chi connectivity index (χ3v) is 3.72. The summed E-state index contributed by atoms with van der Waals surface area (Å²) >= 11 is 12.0.